The lowest BCUT2D eigenvalue weighted by molar-refractivity contribution is -0.116. The molecule has 0 unspecified atom stereocenters. The summed E-state index contributed by atoms with van der Waals surface area (Å²) in [4.78, 5) is 15.7. The van der Waals surface area contributed by atoms with E-state index in [1.807, 2.05) is 6.07 Å². The molecule has 0 spiro atoms. The van der Waals surface area contributed by atoms with Crippen molar-refractivity contribution in [2.24, 2.45) is 0 Å². The van der Waals surface area contributed by atoms with E-state index in [2.05, 4.69) is 10.3 Å². The Hall–Kier alpha value is -2.45. The van der Waals surface area contributed by atoms with Crippen LogP contribution in [0.3, 0.4) is 0 Å². The van der Waals surface area contributed by atoms with Gasteiger partial charge in [-0.05, 0) is 29.8 Å². The van der Waals surface area contributed by atoms with Gasteiger partial charge in [-0.2, -0.15) is 4.31 Å². The molecule has 0 radical (unpaired) electrons. The van der Waals surface area contributed by atoms with E-state index in [0.29, 0.717) is 18.1 Å². The number of pyridine rings is 1. The van der Waals surface area contributed by atoms with Crippen LogP contribution in [0.1, 0.15) is 17.1 Å². The average Bonchev–Trinajstić information content (AvgIpc) is 2.98. The van der Waals surface area contributed by atoms with Gasteiger partial charge in [-0.1, -0.05) is 6.07 Å². The van der Waals surface area contributed by atoms with Gasteiger partial charge in [-0.15, -0.1) is 0 Å². The first kappa shape index (κ1) is 17.9. The number of hydrogen-bond acceptors (Lipinski definition) is 5. The number of sulfonamides is 1. The zero-order valence-electron chi connectivity index (χ0n) is 13.5. The molecule has 0 bridgehead atoms. The SMILES string of the molecule is CN(Cc1ccc(/C=C/C(=O)NCc2cccnc2)o1)S(C)(=O)=O. The normalized spacial score (nSPS) is 12.0. The van der Waals surface area contributed by atoms with Crippen LogP contribution in [0.15, 0.2) is 47.2 Å². The molecule has 0 aliphatic carbocycles. The van der Waals surface area contributed by atoms with Crippen LogP contribution in [-0.2, 0) is 27.9 Å². The van der Waals surface area contributed by atoms with Crippen LogP contribution in [0.2, 0.25) is 0 Å². The zero-order chi connectivity index (χ0) is 17.6. The number of rotatable bonds is 7. The number of carbonyl (C=O) groups excluding carboxylic acids is 1. The number of hydrogen-bond donors (Lipinski definition) is 1. The fourth-order valence-electron chi connectivity index (χ4n) is 1.81. The van der Waals surface area contributed by atoms with Gasteiger partial charge in [0.15, 0.2) is 0 Å². The van der Waals surface area contributed by atoms with Crippen LogP contribution in [0.25, 0.3) is 6.08 Å². The predicted molar refractivity (Wildman–Crippen MR) is 90.1 cm³/mol. The maximum atomic E-state index is 11.8. The number of carbonyl (C=O) groups is 1. The molecule has 2 heterocycles. The highest BCUT2D eigenvalue weighted by molar-refractivity contribution is 7.88. The Bertz CT molecular complexity index is 813. The van der Waals surface area contributed by atoms with E-state index in [1.54, 1.807) is 30.6 Å². The van der Waals surface area contributed by atoms with Gasteiger partial charge in [0.1, 0.15) is 11.5 Å². The first-order chi connectivity index (χ1) is 11.3. The summed E-state index contributed by atoms with van der Waals surface area (Å²) in [5.74, 6) is 0.715. The van der Waals surface area contributed by atoms with Crippen molar-refractivity contribution in [1.29, 1.82) is 0 Å². The Labute approximate surface area is 141 Å². The number of furan rings is 1. The summed E-state index contributed by atoms with van der Waals surface area (Å²) >= 11 is 0. The molecule has 2 aromatic rings. The van der Waals surface area contributed by atoms with Gasteiger partial charge < -0.3 is 9.73 Å². The van der Waals surface area contributed by atoms with Gasteiger partial charge in [-0.25, -0.2) is 8.42 Å². The lowest BCUT2D eigenvalue weighted by Crippen LogP contribution is -2.24. The fourth-order valence-corrected chi connectivity index (χ4v) is 2.18. The summed E-state index contributed by atoms with van der Waals surface area (Å²) < 4.78 is 29.4. The van der Waals surface area contributed by atoms with E-state index in [-0.39, 0.29) is 12.5 Å². The second-order valence-electron chi connectivity index (χ2n) is 5.24. The minimum Gasteiger partial charge on any atom is -0.460 e. The van der Waals surface area contributed by atoms with Gasteiger partial charge in [0, 0.05) is 32.1 Å². The van der Waals surface area contributed by atoms with Gasteiger partial charge in [-0.3, -0.25) is 9.78 Å². The van der Waals surface area contributed by atoms with Crippen molar-refractivity contribution in [3.63, 3.8) is 0 Å². The molecule has 7 nitrogen and oxygen atoms in total. The van der Waals surface area contributed by atoms with Crippen molar-refractivity contribution in [2.45, 2.75) is 13.1 Å². The molecule has 0 aliphatic heterocycles. The summed E-state index contributed by atoms with van der Waals surface area (Å²) in [7, 11) is -1.79. The summed E-state index contributed by atoms with van der Waals surface area (Å²) in [6, 6.07) is 7.02. The maximum absolute atomic E-state index is 11.8. The molecule has 0 saturated carbocycles. The van der Waals surface area contributed by atoms with Crippen LogP contribution in [-0.4, -0.2) is 36.9 Å². The highest BCUT2D eigenvalue weighted by atomic mass is 32.2. The van der Waals surface area contributed by atoms with E-state index in [1.165, 1.54) is 23.5 Å². The van der Waals surface area contributed by atoms with Crippen molar-refractivity contribution in [2.75, 3.05) is 13.3 Å². The molecule has 0 saturated heterocycles. The molecule has 24 heavy (non-hydrogen) atoms. The Morgan fingerprint density at radius 1 is 1.38 bits per heavy atom. The molecular formula is C16H19N3O4S. The fraction of sp³-hybridized carbons (Fsp3) is 0.250. The van der Waals surface area contributed by atoms with Crippen LogP contribution in [0.4, 0.5) is 0 Å². The number of nitrogens with zero attached hydrogens (tertiary/aromatic N) is 2. The van der Waals surface area contributed by atoms with Crippen LogP contribution >= 0.6 is 0 Å². The van der Waals surface area contributed by atoms with Crippen molar-refractivity contribution in [3.05, 3.63) is 59.8 Å². The minimum atomic E-state index is -3.27. The molecule has 0 fully saturated rings. The molecule has 1 N–H and O–H groups in total. The largest absolute Gasteiger partial charge is 0.460 e. The summed E-state index contributed by atoms with van der Waals surface area (Å²) in [5, 5.41) is 2.73. The lowest BCUT2D eigenvalue weighted by atomic mass is 10.3. The molecule has 8 heteroatoms. The van der Waals surface area contributed by atoms with Gasteiger partial charge in [0.25, 0.3) is 0 Å². The Kier molecular flexibility index (Phi) is 5.88. The maximum Gasteiger partial charge on any atom is 0.244 e. The predicted octanol–water partition coefficient (Wildman–Crippen LogP) is 1.40. The summed E-state index contributed by atoms with van der Waals surface area (Å²) in [6.07, 6.45) is 7.37. The minimum absolute atomic E-state index is 0.139. The van der Waals surface area contributed by atoms with Crippen molar-refractivity contribution >= 4 is 22.0 Å². The number of aromatic nitrogens is 1. The van der Waals surface area contributed by atoms with E-state index < -0.39 is 10.0 Å². The molecular weight excluding hydrogens is 330 g/mol. The van der Waals surface area contributed by atoms with E-state index >= 15 is 0 Å². The van der Waals surface area contributed by atoms with Gasteiger partial charge >= 0.3 is 0 Å². The van der Waals surface area contributed by atoms with E-state index in [0.717, 1.165) is 11.8 Å². The third-order valence-corrected chi connectivity index (χ3v) is 4.48. The second-order valence-corrected chi connectivity index (χ2v) is 7.32. The second kappa shape index (κ2) is 7.89. The van der Waals surface area contributed by atoms with Gasteiger partial charge in [0.2, 0.25) is 15.9 Å². The highest BCUT2D eigenvalue weighted by Crippen LogP contribution is 2.12. The third-order valence-electron chi connectivity index (χ3n) is 3.22. The molecule has 2 rings (SSSR count). The van der Waals surface area contributed by atoms with Crippen LogP contribution in [0.5, 0.6) is 0 Å². The van der Waals surface area contributed by atoms with Gasteiger partial charge in [0.05, 0.1) is 12.8 Å². The van der Waals surface area contributed by atoms with Crippen molar-refractivity contribution in [1.82, 2.24) is 14.6 Å². The van der Waals surface area contributed by atoms with E-state index in [9.17, 15) is 13.2 Å². The highest BCUT2D eigenvalue weighted by Gasteiger charge is 2.13. The Morgan fingerprint density at radius 3 is 2.83 bits per heavy atom. The average molecular weight is 349 g/mol. The van der Waals surface area contributed by atoms with Crippen molar-refractivity contribution < 1.29 is 17.6 Å². The molecule has 128 valence electrons. The van der Waals surface area contributed by atoms with Crippen molar-refractivity contribution in [3.8, 4) is 0 Å². The third kappa shape index (κ3) is 5.64. The first-order valence-electron chi connectivity index (χ1n) is 7.19. The molecule has 0 atom stereocenters. The molecule has 0 aromatic carbocycles. The topological polar surface area (TPSA) is 92.5 Å². The lowest BCUT2D eigenvalue weighted by Gasteiger charge is -2.11. The van der Waals surface area contributed by atoms with Crippen LogP contribution in [0, 0.1) is 0 Å². The quantitative estimate of drug-likeness (QED) is 0.763. The monoisotopic (exact) mass is 349 g/mol. The standard InChI is InChI=1S/C16H19N3O4S/c1-19(24(2,21)22)12-15-6-5-14(23-15)7-8-16(20)18-11-13-4-3-9-17-10-13/h3-10H,11-12H2,1-2H3,(H,18,20)/b8-7+. The summed E-state index contributed by atoms with van der Waals surface area (Å²) in [6.45, 7) is 0.527. The number of nitrogens with one attached hydrogen (secondary N) is 1. The molecule has 0 aliphatic rings. The number of amides is 1. The zero-order valence-corrected chi connectivity index (χ0v) is 14.3. The summed E-state index contributed by atoms with van der Waals surface area (Å²) in [5.41, 5.74) is 0.906. The molecule has 2 aromatic heterocycles. The Balaban J connectivity index is 1.87. The first-order valence-corrected chi connectivity index (χ1v) is 9.04. The van der Waals surface area contributed by atoms with Crippen LogP contribution < -0.4 is 5.32 Å². The smallest absolute Gasteiger partial charge is 0.244 e. The van der Waals surface area contributed by atoms with E-state index in [4.69, 9.17) is 4.42 Å². The Morgan fingerprint density at radius 2 is 2.17 bits per heavy atom. The molecule has 1 amide bonds.